The lowest BCUT2D eigenvalue weighted by molar-refractivity contribution is -0.136. The van der Waals surface area contributed by atoms with Gasteiger partial charge in [0.25, 0.3) is 0 Å². The highest BCUT2D eigenvalue weighted by Crippen LogP contribution is 1.78. The number of nitrogens with two attached hydrogens (primary N) is 1. The third-order valence-electron chi connectivity index (χ3n) is 0.622. The molecule has 0 bridgehead atoms. The first-order chi connectivity index (χ1) is 5.45. The third-order valence-corrected chi connectivity index (χ3v) is 0.622. The van der Waals surface area contributed by atoms with Gasteiger partial charge in [-0.2, -0.15) is 0 Å². The number of hydrogen-bond donors (Lipinski definition) is 2. The number of rotatable bonds is 2. The van der Waals surface area contributed by atoms with Gasteiger partial charge in [-0.25, -0.2) is 9.59 Å². The highest BCUT2D eigenvalue weighted by Gasteiger charge is 1.96. The quantitative estimate of drug-likeness (QED) is 0.449. The Bertz CT molecular complexity index is 198. The van der Waals surface area contributed by atoms with Crippen molar-refractivity contribution in [2.75, 3.05) is 7.11 Å². The zero-order valence-corrected chi connectivity index (χ0v) is 6.74. The molecule has 0 aromatic heterocycles. The van der Waals surface area contributed by atoms with E-state index in [1.807, 2.05) is 0 Å². The Balaban J connectivity index is 0. The van der Waals surface area contributed by atoms with Crippen LogP contribution in [0.5, 0.6) is 0 Å². The number of methoxy groups -OCH3 is 1. The van der Waals surface area contributed by atoms with Crippen LogP contribution in [0.2, 0.25) is 0 Å². The van der Waals surface area contributed by atoms with Gasteiger partial charge in [0.15, 0.2) is 0 Å². The summed E-state index contributed by atoms with van der Waals surface area (Å²) in [6.07, 6.45) is 0.833. The van der Waals surface area contributed by atoms with Crippen molar-refractivity contribution in [1.82, 2.24) is 0 Å². The van der Waals surface area contributed by atoms with Gasteiger partial charge in [-0.3, -0.25) is 0 Å². The van der Waals surface area contributed by atoms with Crippen molar-refractivity contribution < 1.29 is 19.4 Å². The predicted octanol–water partition coefficient (Wildman–Crippen LogP) is -0.111. The second-order valence-electron chi connectivity index (χ2n) is 1.56. The largest absolute Gasteiger partial charge is 0.478 e. The van der Waals surface area contributed by atoms with E-state index < -0.39 is 11.9 Å². The van der Waals surface area contributed by atoms with Gasteiger partial charge in [-0.1, -0.05) is 13.2 Å². The van der Waals surface area contributed by atoms with Crippen molar-refractivity contribution in [2.24, 2.45) is 5.73 Å². The summed E-state index contributed by atoms with van der Waals surface area (Å²) in [5.41, 5.74) is 4.81. The van der Waals surface area contributed by atoms with E-state index >= 15 is 0 Å². The summed E-state index contributed by atoms with van der Waals surface area (Å²) in [4.78, 5) is 19.3. The Labute approximate surface area is 70.1 Å². The molecular formula is C7H11NO4. The van der Waals surface area contributed by atoms with Crippen LogP contribution in [0.3, 0.4) is 0 Å². The average Bonchev–Trinajstić information content (AvgIpc) is 2.04. The first-order valence-corrected chi connectivity index (χ1v) is 2.83. The third kappa shape index (κ3) is 11.1. The minimum Gasteiger partial charge on any atom is -0.478 e. The van der Waals surface area contributed by atoms with Gasteiger partial charge in [-0.15, -0.1) is 0 Å². The van der Waals surface area contributed by atoms with Gasteiger partial charge < -0.3 is 15.6 Å². The molecule has 68 valence electrons. The van der Waals surface area contributed by atoms with Gasteiger partial charge in [0, 0.05) is 6.08 Å². The van der Waals surface area contributed by atoms with Crippen molar-refractivity contribution in [2.45, 2.75) is 0 Å². The van der Waals surface area contributed by atoms with E-state index in [-0.39, 0.29) is 5.70 Å². The van der Waals surface area contributed by atoms with E-state index in [4.69, 9.17) is 10.8 Å². The molecule has 0 rings (SSSR count). The van der Waals surface area contributed by atoms with Gasteiger partial charge >= 0.3 is 11.9 Å². The van der Waals surface area contributed by atoms with Crippen LogP contribution in [0.4, 0.5) is 0 Å². The lowest BCUT2D eigenvalue weighted by Crippen LogP contribution is -2.10. The topological polar surface area (TPSA) is 89.6 Å². The van der Waals surface area contributed by atoms with E-state index in [0.717, 1.165) is 6.08 Å². The Morgan fingerprint density at radius 1 is 1.58 bits per heavy atom. The summed E-state index contributed by atoms with van der Waals surface area (Å²) in [6.45, 7) is 6.09. The maximum Gasteiger partial charge on any atom is 0.353 e. The number of carboxylic acids is 1. The predicted molar refractivity (Wildman–Crippen MR) is 43.2 cm³/mol. The number of aliphatic carboxylic acids is 1. The molecule has 0 unspecified atom stereocenters. The van der Waals surface area contributed by atoms with Crippen LogP contribution in [-0.2, 0) is 14.3 Å². The summed E-state index contributed by atoms with van der Waals surface area (Å²) in [7, 11) is 1.25. The summed E-state index contributed by atoms with van der Waals surface area (Å²) >= 11 is 0. The minimum atomic E-state index is -0.981. The zero-order valence-electron chi connectivity index (χ0n) is 6.74. The molecule has 0 aliphatic rings. The fourth-order valence-electron chi connectivity index (χ4n) is 0.131. The Hall–Kier alpha value is -1.78. The van der Waals surface area contributed by atoms with Crippen molar-refractivity contribution >= 4 is 11.9 Å². The Morgan fingerprint density at radius 2 is 1.92 bits per heavy atom. The standard InChI is InChI=1S/C4H7NO2.C3H4O2/c1-3(5)4(6)7-2;1-2-3(4)5/h1,5H2,2H3;2H,1H2,(H,4,5). The van der Waals surface area contributed by atoms with Crippen LogP contribution < -0.4 is 5.73 Å². The molecule has 0 heterocycles. The molecule has 0 aliphatic heterocycles. The van der Waals surface area contributed by atoms with Gasteiger partial charge in [-0.05, 0) is 0 Å². The molecule has 0 saturated carbocycles. The average molecular weight is 173 g/mol. The SMILES string of the molecule is C=C(N)C(=O)OC.C=CC(=O)O. The van der Waals surface area contributed by atoms with Crippen LogP contribution in [0.15, 0.2) is 24.9 Å². The molecule has 0 aromatic carbocycles. The molecule has 0 radical (unpaired) electrons. The maximum absolute atomic E-state index is 10.1. The molecule has 12 heavy (non-hydrogen) atoms. The van der Waals surface area contributed by atoms with E-state index in [0.29, 0.717) is 0 Å². The number of carboxylic acid groups (broad SMARTS) is 1. The maximum atomic E-state index is 10.1. The van der Waals surface area contributed by atoms with E-state index in [1.165, 1.54) is 7.11 Å². The fourth-order valence-corrected chi connectivity index (χ4v) is 0.131. The lowest BCUT2D eigenvalue weighted by Gasteiger charge is -1.91. The Kier molecular flexibility index (Phi) is 7.85. The summed E-state index contributed by atoms with van der Waals surface area (Å²) in [6, 6.07) is 0. The normalized spacial score (nSPS) is 7.08. The molecule has 3 N–H and O–H groups in total. The van der Waals surface area contributed by atoms with Crippen LogP contribution in [0.25, 0.3) is 0 Å². The van der Waals surface area contributed by atoms with E-state index in [9.17, 15) is 9.59 Å². The minimum absolute atomic E-state index is 0.0671. The van der Waals surface area contributed by atoms with Crippen LogP contribution in [0, 0.1) is 0 Å². The van der Waals surface area contributed by atoms with Crippen LogP contribution in [-0.4, -0.2) is 24.2 Å². The summed E-state index contributed by atoms with van der Waals surface area (Å²) < 4.78 is 4.15. The summed E-state index contributed by atoms with van der Waals surface area (Å²) in [5.74, 6) is -1.55. The molecule has 0 saturated heterocycles. The van der Waals surface area contributed by atoms with E-state index in [2.05, 4.69) is 17.9 Å². The molecular weight excluding hydrogens is 162 g/mol. The number of hydrogen-bond acceptors (Lipinski definition) is 4. The van der Waals surface area contributed by atoms with Gasteiger partial charge in [0.05, 0.1) is 7.11 Å². The highest BCUT2D eigenvalue weighted by molar-refractivity contribution is 5.86. The molecule has 0 spiro atoms. The zero-order chi connectivity index (χ0) is 10.1. The lowest BCUT2D eigenvalue weighted by atomic mass is 10.5. The van der Waals surface area contributed by atoms with Crippen LogP contribution >= 0.6 is 0 Å². The Morgan fingerprint density at radius 3 is 1.92 bits per heavy atom. The molecule has 0 aromatic rings. The molecule has 0 atom stereocenters. The van der Waals surface area contributed by atoms with Crippen molar-refractivity contribution in [1.29, 1.82) is 0 Å². The van der Waals surface area contributed by atoms with Crippen molar-refractivity contribution in [3.8, 4) is 0 Å². The summed E-state index contributed by atoms with van der Waals surface area (Å²) in [5, 5.41) is 7.60. The monoisotopic (exact) mass is 173 g/mol. The van der Waals surface area contributed by atoms with Gasteiger partial charge in [0.1, 0.15) is 5.70 Å². The number of carbonyl (C=O) groups is 2. The molecule has 0 fully saturated rings. The second-order valence-corrected chi connectivity index (χ2v) is 1.56. The number of carbonyl (C=O) groups excluding carboxylic acids is 1. The highest BCUT2D eigenvalue weighted by atomic mass is 16.5. The first kappa shape index (κ1) is 12.9. The second kappa shape index (κ2) is 7.33. The molecule has 5 nitrogen and oxygen atoms in total. The fraction of sp³-hybridized carbons (Fsp3) is 0.143. The van der Waals surface area contributed by atoms with Crippen molar-refractivity contribution in [3.63, 3.8) is 0 Å². The smallest absolute Gasteiger partial charge is 0.353 e. The molecule has 0 aliphatic carbocycles. The van der Waals surface area contributed by atoms with E-state index in [1.54, 1.807) is 0 Å². The number of ether oxygens (including phenoxy) is 1. The molecule has 0 amide bonds. The van der Waals surface area contributed by atoms with Gasteiger partial charge in [0.2, 0.25) is 0 Å². The first-order valence-electron chi connectivity index (χ1n) is 2.83. The van der Waals surface area contributed by atoms with Crippen molar-refractivity contribution in [3.05, 3.63) is 24.9 Å². The number of esters is 1. The van der Waals surface area contributed by atoms with Crippen LogP contribution in [0.1, 0.15) is 0 Å². The molecule has 5 heteroatoms.